The van der Waals surface area contributed by atoms with Crippen LogP contribution in [-0.2, 0) is 6.42 Å². The van der Waals surface area contributed by atoms with Crippen molar-refractivity contribution in [2.24, 2.45) is 11.7 Å². The van der Waals surface area contributed by atoms with Crippen LogP contribution in [0.2, 0.25) is 0 Å². The molecule has 168 valence electrons. The van der Waals surface area contributed by atoms with Crippen molar-refractivity contribution in [3.8, 4) is 0 Å². The number of nitrogens with two attached hydrogens (primary N) is 1. The predicted molar refractivity (Wildman–Crippen MR) is 131 cm³/mol. The zero-order valence-electron chi connectivity index (χ0n) is 19.8. The summed E-state index contributed by atoms with van der Waals surface area (Å²) in [5.41, 5.74) is 7.83. The van der Waals surface area contributed by atoms with Gasteiger partial charge in [0, 0.05) is 6.04 Å². The second kappa shape index (κ2) is 19.2. The monoisotopic (exact) mass is 401 g/mol. The molecule has 1 heteroatoms. The molecule has 0 bridgehead atoms. The predicted octanol–water partition coefficient (Wildman–Crippen LogP) is 8.84. The van der Waals surface area contributed by atoms with Gasteiger partial charge in [0.15, 0.2) is 0 Å². The molecule has 0 fully saturated rings. The zero-order chi connectivity index (χ0) is 21.0. The van der Waals surface area contributed by atoms with Gasteiger partial charge < -0.3 is 5.73 Å². The zero-order valence-corrected chi connectivity index (χ0v) is 19.8. The molecule has 2 atom stereocenters. The minimum atomic E-state index is 0.385. The Morgan fingerprint density at radius 2 is 1.10 bits per heavy atom. The first-order valence-electron chi connectivity index (χ1n) is 13.0. The van der Waals surface area contributed by atoms with Crippen molar-refractivity contribution in [3.63, 3.8) is 0 Å². The third-order valence-corrected chi connectivity index (χ3v) is 6.31. The summed E-state index contributed by atoms with van der Waals surface area (Å²) in [6.07, 6.45) is 25.0. The van der Waals surface area contributed by atoms with Crippen molar-refractivity contribution in [3.05, 3.63) is 35.9 Å². The van der Waals surface area contributed by atoms with E-state index >= 15 is 0 Å². The van der Waals surface area contributed by atoms with E-state index in [-0.39, 0.29) is 0 Å². The minimum absolute atomic E-state index is 0.385. The Balaban J connectivity index is 1.82. The van der Waals surface area contributed by atoms with E-state index in [0.717, 1.165) is 12.8 Å². The third kappa shape index (κ3) is 16.6. The molecule has 2 unspecified atom stereocenters. The first kappa shape index (κ1) is 26.2. The van der Waals surface area contributed by atoms with Gasteiger partial charge in [-0.1, -0.05) is 140 Å². The van der Waals surface area contributed by atoms with Gasteiger partial charge in [0.1, 0.15) is 0 Å². The smallest absolute Gasteiger partial charge is 0.00414 e. The van der Waals surface area contributed by atoms with Crippen LogP contribution in [0.1, 0.15) is 129 Å². The van der Waals surface area contributed by atoms with Crippen molar-refractivity contribution in [1.29, 1.82) is 0 Å². The van der Waals surface area contributed by atoms with E-state index in [9.17, 15) is 0 Å². The molecule has 1 aromatic rings. The molecular weight excluding hydrogens is 350 g/mol. The largest absolute Gasteiger partial charge is 0.328 e. The Morgan fingerprint density at radius 1 is 0.655 bits per heavy atom. The second-order valence-electron chi connectivity index (χ2n) is 9.53. The molecule has 0 radical (unpaired) electrons. The first-order valence-corrected chi connectivity index (χ1v) is 13.0. The van der Waals surface area contributed by atoms with Crippen LogP contribution in [0, 0.1) is 5.92 Å². The van der Waals surface area contributed by atoms with Crippen LogP contribution in [0.3, 0.4) is 0 Å². The molecule has 0 aliphatic rings. The molecule has 2 N–H and O–H groups in total. The molecule has 0 spiro atoms. The van der Waals surface area contributed by atoms with Crippen LogP contribution in [0.15, 0.2) is 30.3 Å². The topological polar surface area (TPSA) is 26.0 Å². The van der Waals surface area contributed by atoms with Gasteiger partial charge in [-0.3, -0.25) is 0 Å². The summed E-state index contributed by atoms with van der Waals surface area (Å²) in [6.45, 7) is 4.64. The highest BCUT2D eigenvalue weighted by Crippen LogP contribution is 2.17. The van der Waals surface area contributed by atoms with Gasteiger partial charge in [-0.25, -0.2) is 0 Å². The van der Waals surface area contributed by atoms with Gasteiger partial charge in [-0.05, 0) is 30.7 Å². The number of hydrogen-bond acceptors (Lipinski definition) is 1. The lowest BCUT2D eigenvalue weighted by molar-refractivity contribution is 0.428. The lowest BCUT2D eigenvalue weighted by Gasteiger charge is -2.17. The van der Waals surface area contributed by atoms with Gasteiger partial charge in [0.2, 0.25) is 0 Å². The molecule has 0 amide bonds. The Hall–Kier alpha value is -0.820. The molecule has 0 saturated carbocycles. The van der Waals surface area contributed by atoms with Crippen molar-refractivity contribution in [2.45, 2.75) is 135 Å². The minimum Gasteiger partial charge on any atom is -0.328 e. The van der Waals surface area contributed by atoms with Crippen LogP contribution in [0.25, 0.3) is 0 Å². The lowest BCUT2D eigenvalue weighted by atomic mass is 9.92. The average molecular weight is 402 g/mol. The van der Waals surface area contributed by atoms with Gasteiger partial charge >= 0.3 is 0 Å². The van der Waals surface area contributed by atoms with Crippen LogP contribution >= 0.6 is 0 Å². The average Bonchev–Trinajstić information content (AvgIpc) is 2.71. The first-order chi connectivity index (χ1) is 14.2. The highest BCUT2D eigenvalue weighted by Gasteiger charge is 2.09. The summed E-state index contributed by atoms with van der Waals surface area (Å²) in [4.78, 5) is 0. The van der Waals surface area contributed by atoms with E-state index in [2.05, 4.69) is 44.2 Å². The van der Waals surface area contributed by atoms with Crippen molar-refractivity contribution < 1.29 is 0 Å². The lowest BCUT2D eigenvalue weighted by Crippen LogP contribution is -2.23. The summed E-state index contributed by atoms with van der Waals surface area (Å²) in [5.74, 6) is 0.684. The summed E-state index contributed by atoms with van der Waals surface area (Å²) < 4.78 is 0. The van der Waals surface area contributed by atoms with Crippen LogP contribution < -0.4 is 5.73 Å². The number of rotatable bonds is 20. The summed E-state index contributed by atoms with van der Waals surface area (Å²) in [5, 5.41) is 0. The quantitative estimate of drug-likeness (QED) is 0.217. The van der Waals surface area contributed by atoms with E-state index < -0.39 is 0 Å². The maximum Gasteiger partial charge on any atom is 0.00414 e. The SMILES string of the molecule is CCCCCCCCCCCCCCCCCC(N)CC(C)Cc1ccccc1. The van der Waals surface area contributed by atoms with Crippen molar-refractivity contribution in [2.75, 3.05) is 0 Å². The maximum atomic E-state index is 6.38. The Labute approximate surface area is 183 Å². The van der Waals surface area contributed by atoms with Gasteiger partial charge in [0.25, 0.3) is 0 Å². The van der Waals surface area contributed by atoms with Gasteiger partial charge in [-0.15, -0.1) is 0 Å². The normalized spacial score (nSPS) is 13.5. The third-order valence-electron chi connectivity index (χ3n) is 6.31. The maximum absolute atomic E-state index is 6.38. The van der Waals surface area contributed by atoms with Crippen LogP contribution in [-0.4, -0.2) is 6.04 Å². The van der Waals surface area contributed by atoms with Crippen LogP contribution in [0.4, 0.5) is 0 Å². The highest BCUT2D eigenvalue weighted by molar-refractivity contribution is 5.15. The molecule has 0 heterocycles. The molecule has 1 aromatic carbocycles. The van der Waals surface area contributed by atoms with E-state index in [1.807, 2.05) is 0 Å². The van der Waals surface area contributed by atoms with E-state index in [1.165, 1.54) is 108 Å². The number of benzene rings is 1. The number of hydrogen-bond donors (Lipinski definition) is 1. The fourth-order valence-corrected chi connectivity index (χ4v) is 4.51. The molecule has 0 saturated heterocycles. The molecular formula is C28H51N. The summed E-state index contributed by atoms with van der Waals surface area (Å²) in [7, 11) is 0. The van der Waals surface area contributed by atoms with Gasteiger partial charge in [0.05, 0.1) is 0 Å². The summed E-state index contributed by atoms with van der Waals surface area (Å²) in [6, 6.07) is 11.2. The fraction of sp³-hybridized carbons (Fsp3) is 0.786. The molecule has 0 aliphatic carbocycles. The van der Waals surface area contributed by atoms with Gasteiger partial charge in [-0.2, -0.15) is 0 Å². The molecule has 0 aromatic heterocycles. The highest BCUT2D eigenvalue weighted by atomic mass is 14.6. The van der Waals surface area contributed by atoms with Crippen molar-refractivity contribution in [1.82, 2.24) is 0 Å². The van der Waals surface area contributed by atoms with Crippen molar-refractivity contribution >= 4 is 0 Å². The number of unbranched alkanes of at least 4 members (excludes halogenated alkanes) is 14. The Bertz CT molecular complexity index is 441. The Morgan fingerprint density at radius 3 is 1.59 bits per heavy atom. The van der Waals surface area contributed by atoms with E-state index in [0.29, 0.717) is 12.0 Å². The molecule has 29 heavy (non-hydrogen) atoms. The standard InChI is InChI=1S/C28H51N/c1-3-4-5-6-7-8-9-10-11-12-13-14-15-16-20-23-28(29)25-26(2)24-27-21-18-17-19-22-27/h17-19,21-22,26,28H,3-16,20,23-25,29H2,1-2H3. The van der Waals surface area contributed by atoms with E-state index in [4.69, 9.17) is 5.73 Å². The Kier molecular flexibility index (Phi) is 17.3. The van der Waals surface area contributed by atoms with Crippen LogP contribution in [0.5, 0.6) is 0 Å². The van der Waals surface area contributed by atoms with E-state index in [1.54, 1.807) is 0 Å². The summed E-state index contributed by atoms with van der Waals surface area (Å²) >= 11 is 0. The second-order valence-corrected chi connectivity index (χ2v) is 9.53. The fourth-order valence-electron chi connectivity index (χ4n) is 4.51. The molecule has 1 nitrogen and oxygen atoms in total. The molecule has 1 rings (SSSR count). The molecule has 0 aliphatic heterocycles.